The lowest BCUT2D eigenvalue weighted by molar-refractivity contribution is 0.628. The molecule has 3 aromatic rings. The molecule has 1 N–H and O–H groups in total. The number of anilines is 2. The lowest BCUT2D eigenvalue weighted by Crippen LogP contribution is -2.01. The standard InChI is InChI=1S/C15H12FN3/c16-12-5-4-6-13(11-12)18-15-17-9-10-19(15)14-7-2-1-3-8-14/h1-11H,(H,17,18). The first-order valence-electron chi connectivity index (χ1n) is 5.94. The van der Waals surface area contributed by atoms with Gasteiger partial charge in [0.25, 0.3) is 0 Å². The predicted octanol–water partition coefficient (Wildman–Crippen LogP) is 3.76. The smallest absolute Gasteiger partial charge is 0.212 e. The van der Waals surface area contributed by atoms with Crippen molar-refractivity contribution in [3.8, 4) is 5.69 Å². The average Bonchev–Trinajstić information content (AvgIpc) is 2.88. The number of hydrogen-bond acceptors (Lipinski definition) is 2. The molecule has 0 saturated carbocycles. The fourth-order valence-corrected chi connectivity index (χ4v) is 1.89. The molecule has 1 aromatic heterocycles. The molecule has 2 aromatic carbocycles. The van der Waals surface area contributed by atoms with Crippen LogP contribution >= 0.6 is 0 Å². The molecular weight excluding hydrogens is 241 g/mol. The van der Waals surface area contributed by atoms with Crippen LogP contribution in [0.2, 0.25) is 0 Å². The molecule has 94 valence electrons. The molecule has 0 atom stereocenters. The van der Waals surface area contributed by atoms with E-state index in [0.717, 1.165) is 5.69 Å². The van der Waals surface area contributed by atoms with Crippen LogP contribution in [0.5, 0.6) is 0 Å². The topological polar surface area (TPSA) is 29.9 Å². The van der Waals surface area contributed by atoms with E-state index in [9.17, 15) is 4.39 Å². The van der Waals surface area contributed by atoms with Gasteiger partial charge in [-0.3, -0.25) is 4.57 Å². The van der Waals surface area contributed by atoms with E-state index in [1.807, 2.05) is 41.1 Å². The third-order valence-corrected chi connectivity index (χ3v) is 2.76. The summed E-state index contributed by atoms with van der Waals surface area (Å²) in [6.45, 7) is 0. The van der Waals surface area contributed by atoms with Crippen LogP contribution in [0.4, 0.5) is 16.0 Å². The molecule has 19 heavy (non-hydrogen) atoms. The Morgan fingerprint density at radius 1 is 1.00 bits per heavy atom. The van der Waals surface area contributed by atoms with Gasteiger partial charge in [-0.15, -0.1) is 0 Å². The van der Waals surface area contributed by atoms with Gasteiger partial charge in [0, 0.05) is 23.8 Å². The van der Waals surface area contributed by atoms with Crippen LogP contribution < -0.4 is 5.32 Å². The van der Waals surface area contributed by atoms with Gasteiger partial charge in [0.15, 0.2) is 0 Å². The van der Waals surface area contributed by atoms with E-state index in [-0.39, 0.29) is 5.82 Å². The molecule has 0 bridgehead atoms. The van der Waals surface area contributed by atoms with Crippen molar-refractivity contribution in [2.24, 2.45) is 0 Å². The van der Waals surface area contributed by atoms with Gasteiger partial charge in [-0.1, -0.05) is 24.3 Å². The molecule has 4 heteroatoms. The zero-order chi connectivity index (χ0) is 13.1. The first kappa shape index (κ1) is 11.5. The molecule has 0 aliphatic heterocycles. The highest BCUT2D eigenvalue weighted by Gasteiger charge is 2.05. The first-order valence-corrected chi connectivity index (χ1v) is 5.94. The summed E-state index contributed by atoms with van der Waals surface area (Å²) >= 11 is 0. The van der Waals surface area contributed by atoms with Crippen molar-refractivity contribution in [1.82, 2.24) is 9.55 Å². The highest BCUT2D eigenvalue weighted by molar-refractivity contribution is 5.55. The summed E-state index contributed by atoms with van der Waals surface area (Å²) < 4.78 is 15.1. The van der Waals surface area contributed by atoms with Gasteiger partial charge in [-0.2, -0.15) is 0 Å². The molecule has 1 heterocycles. The second-order valence-corrected chi connectivity index (χ2v) is 4.09. The van der Waals surface area contributed by atoms with Crippen molar-refractivity contribution < 1.29 is 4.39 Å². The highest BCUT2D eigenvalue weighted by Crippen LogP contribution is 2.19. The van der Waals surface area contributed by atoms with E-state index < -0.39 is 0 Å². The SMILES string of the molecule is Fc1cccc(Nc2nccn2-c2ccccc2)c1. The van der Waals surface area contributed by atoms with Crippen LogP contribution in [0.1, 0.15) is 0 Å². The van der Waals surface area contributed by atoms with Gasteiger partial charge in [0.05, 0.1) is 0 Å². The Morgan fingerprint density at radius 3 is 2.63 bits per heavy atom. The van der Waals surface area contributed by atoms with Crippen molar-refractivity contribution in [3.05, 3.63) is 72.8 Å². The minimum absolute atomic E-state index is 0.275. The van der Waals surface area contributed by atoms with Crippen molar-refractivity contribution in [3.63, 3.8) is 0 Å². The van der Waals surface area contributed by atoms with Gasteiger partial charge < -0.3 is 5.32 Å². The Morgan fingerprint density at radius 2 is 1.84 bits per heavy atom. The van der Waals surface area contributed by atoms with Crippen molar-refractivity contribution >= 4 is 11.6 Å². The predicted molar refractivity (Wildman–Crippen MR) is 73.2 cm³/mol. The lowest BCUT2D eigenvalue weighted by Gasteiger charge is -2.09. The number of nitrogens with zero attached hydrogens (tertiary/aromatic N) is 2. The van der Waals surface area contributed by atoms with Gasteiger partial charge >= 0.3 is 0 Å². The quantitative estimate of drug-likeness (QED) is 0.770. The lowest BCUT2D eigenvalue weighted by atomic mass is 10.3. The average molecular weight is 253 g/mol. The Bertz CT molecular complexity index is 677. The Hall–Kier alpha value is -2.62. The molecule has 0 saturated heterocycles. The second kappa shape index (κ2) is 4.94. The Kier molecular flexibility index (Phi) is 2.98. The van der Waals surface area contributed by atoms with Crippen molar-refractivity contribution in [2.75, 3.05) is 5.32 Å². The van der Waals surface area contributed by atoms with E-state index >= 15 is 0 Å². The second-order valence-electron chi connectivity index (χ2n) is 4.09. The summed E-state index contributed by atoms with van der Waals surface area (Å²) in [5, 5.41) is 3.10. The monoisotopic (exact) mass is 253 g/mol. The number of imidazole rings is 1. The van der Waals surface area contributed by atoms with E-state index in [4.69, 9.17) is 0 Å². The molecule has 0 aliphatic carbocycles. The summed E-state index contributed by atoms with van der Waals surface area (Å²) in [5.74, 6) is 0.375. The van der Waals surface area contributed by atoms with Gasteiger partial charge in [-0.25, -0.2) is 9.37 Å². The summed E-state index contributed by atoms with van der Waals surface area (Å²) in [5.41, 5.74) is 1.67. The third kappa shape index (κ3) is 2.47. The molecular formula is C15H12FN3. The first-order chi connectivity index (χ1) is 9.33. The highest BCUT2D eigenvalue weighted by atomic mass is 19.1. The van der Waals surface area contributed by atoms with E-state index in [1.165, 1.54) is 12.1 Å². The molecule has 0 fully saturated rings. The summed E-state index contributed by atoms with van der Waals surface area (Å²) in [7, 11) is 0. The normalized spacial score (nSPS) is 10.4. The minimum Gasteiger partial charge on any atom is -0.325 e. The van der Waals surface area contributed by atoms with Gasteiger partial charge in [-0.05, 0) is 30.3 Å². The van der Waals surface area contributed by atoms with Crippen LogP contribution in [-0.4, -0.2) is 9.55 Å². The molecule has 3 nitrogen and oxygen atoms in total. The van der Waals surface area contributed by atoms with Crippen LogP contribution in [0.25, 0.3) is 5.69 Å². The fourth-order valence-electron chi connectivity index (χ4n) is 1.89. The molecule has 0 radical (unpaired) electrons. The number of para-hydroxylation sites is 1. The fraction of sp³-hybridized carbons (Fsp3) is 0. The summed E-state index contributed by atoms with van der Waals surface area (Å²) in [4.78, 5) is 4.25. The van der Waals surface area contributed by atoms with Crippen LogP contribution in [0.3, 0.4) is 0 Å². The number of aromatic nitrogens is 2. The summed E-state index contributed by atoms with van der Waals surface area (Å²) in [6.07, 6.45) is 3.56. The Balaban J connectivity index is 1.93. The van der Waals surface area contributed by atoms with E-state index in [2.05, 4.69) is 10.3 Å². The molecule has 3 rings (SSSR count). The number of nitrogens with one attached hydrogen (secondary N) is 1. The van der Waals surface area contributed by atoms with Crippen molar-refractivity contribution in [1.29, 1.82) is 0 Å². The molecule has 0 spiro atoms. The number of rotatable bonds is 3. The van der Waals surface area contributed by atoms with Crippen LogP contribution in [0.15, 0.2) is 67.0 Å². The number of hydrogen-bond donors (Lipinski definition) is 1. The zero-order valence-corrected chi connectivity index (χ0v) is 10.1. The van der Waals surface area contributed by atoms with Gasteiger partial charge in [0.1, 0.15) is 5.82 Å². The number of halogens is 1. The number of benzene rings is 2. The maximum Gasteiger partial charge on any atom is 0.212 e. The van der Waals surface area contributed by atoms with E-state index in [1.54, 1.807) is 18.3 Å². The van der Waals surface area contributed by atoms with Gasteiger partial charge in [0.2, 0.25) is 5.95 Å². The molecule has 0 aliphatic rings. The maximum atomic E-state index is 13.2. The van der Waals surface area contributed by atoms with Crippen molar-refractivity contribution in [2.45, 2.75) is 0 Å². The van der Waals surface area contributed by atoms with Crippen LogP contribution in [0, 0.1) is 5.82 Å². The minimum atomic E-state index is -0.275. The largest absolute Gasteiger partial charge is 0.325 e. The van der Waals surface area contributed by atoms with Crippen LogP contribution in [-0.2, 0) is 0 Å². The Labute approximate surface area is 110 Å². The summed E-state index contributed by atoms with van der Waals surface area (Å²) in [6, 6.07) is 16.2. The molecule has 0 amide bonds. The third-order valence-electron chi connectivity index (χ3n) is 2.76. The molecule has 0 unspecified atom stereocenters. The zero-order valence-electron chi connectivity index (χ0n) is 10.1. The van der Waals surface area contributed by atoms with E-state index in [0.29, 0.717) is 11.6 Å². The maximum absolute atomic E-state index is 13.2.